The van der Waals surface area contributed by atoms with E-state index in [4.69, 9.17) is 4.74 Å². The van der Waals surface area contributed by atoms with Crippen molar-refractivity contribution in [3.05, 3.63) is 23.8 Å². The Hall–Kier alpha value is -1.26. The van der Waals surface area contributed by atoms with Gasteiger partial charge in [-0.1, -0.05) is 6.07 Å². The molecule has 0 radical (unpaired) electrons. The van der Waals surface area contributed by atoms with E-state index in [1.807, 2.05) is 0 Å². The molecule has 2 heterocycles. The average Bonchev–Trinajstić information content (AvgIpc) is 2.29. The molecular weight excluding hydrogens is 254 g/mol. The van der Waals surface area contributed by atoms with Crippen LogP contribution in [0.3, 0.4) is 0 Å². The second-order valence-corrected chi connectivity index (χ2v) is 4.79. The molecule has 0 amide bonds. The fourth-order valence-electron chi connectivity index (χ4n) is 2.70. The van der Waals surface area contributed by atoms with Gasteiger partial charge >= 0.3 is 0 Å². The van der Waals surface area contributed by atoms with E-state index in [1.165, 1.54) is 6.07 Å². The van der Waals surface area contributed by atoms with Crippen LogP contribution in [0.5, 0.6) is 11.5 Å². The molecule has 18 heavy (non-hydrogen) atoms. The number of Topliss-reactive ketones (excluding diaryl/α,β-unsaturated/α-hetero) is 1. The molecule has 1 spiro atoms. The lowest BCUT2D eigenvalue weighted by Gasteiger charge is -2.40. The van der Waals surface area contributed by atoms with Gasteiger partial charge in [-0.05, 0) is 25.2 Å². The summed E-state index contributed by atoms with van der Waals surface area (Å²) in [6.07, 6.45) is 2.06. The third-order valence-corrected chi connectivity index (χ3v) is 3.61. The van der Waals surface area contributed by atoms with Crippen LogP contribution in [0.15, 0.2) is 18.2 Å². The maximum Gasteiger partial charge on any atom is 0.174 e. The SMILES string of the molecule is Cl.O=C1CC2(CCNCC2)Oc2cccc(O)c21. The zero-order valence-electron chi connectivity index (χ0n) is 9.94. The molecule has 0 saturated carbocycles. The molecule has 0 aliphatic carbocycles. The highest BCUT2D eigenvalue weighted by atomic mass is 35.5. The number of halogens is 1. The summed E-state index contributed by atoms with van der Waals surface area (Å²) >= 11 is 0. The number of hydrogen-bond acceptors (Lipinski definition) is 4. The lowest BCUT2D eigenvalue weighted by atomic mass is 9.83. The minimum absolute atomic E-state index is 0. The topological polar surface area (TPSA) is 58.6 Å². The first-order valence-electron chi connectivity index (χ1n) is 5.95. The Kier molecular flexibility index (Phi) is 3.50. The van der Waals surface area contributed by atoms with Gasteiger partial charge in [-0.15, -0.1) is 12.4 Å². The van der Waals surface area contributed by atoms with Crippen LogP contribution >= 0.6 is 12.4 Å². The molecule has 3 rings (SSSR count). The minimum Gasteiger partial charge on any atom is -0.507 e. The van der Waals surface area contributed by atoms with Crippen molar-refractivity contribution >= 4 is 18.2 Å². The number of phenols is 1. The molecule has 0 bridgehead atoms. The van der Waals surface area contributed by atoms with Gasteiger partial charge < -0.3 is 15.2 Å². The molecule has 0 aromatic heterocycles. The molecule has 1 fully saturated rings. The normalized spacial score (nSPS) is 20.8. The number of phenolic OH excluding ortho intramolecular Hbond substituents is 1. The second kappa shape index (κ2) is 4.78. The number of carbonyl (C=O) groups is 1. The third-order valence-electron chi connectivity index (χ3n) is 3.61. The van der Waals surface area contributed by atoms with Crippen LogP contribution in [0.25, 0.3) is 0 Å². The molecule has 1 aromatic carbocycles. The van der Waals surface area contributed by atoms with E-state index in [9.17, 15) is 9.90 Å². The molecule has 2 aliphatic rings. The van der Waals surface area contributed by atoms with E-state index in [-0.39, 0.29) is 29.5 Å². The van der Waals surface area contributed by atoms with E-state index >= 15 is 0 Å². The van der Waals surface area contributed by atoms with Gasteiger partial charge in [0.15, 0.2) is 5.78 Å². The van der Waals surface area contributed by atoms with E-state index < -0.39 is 0 Å². The first kappa shape index (κ1) is 13.2. The number of benzene rings is 1. The number of aromatic hydroxyl groups is 1. The predicted molar refractivity (Wildman–Crippen MR) is 69.8 cm³/mol. The van der Waals surface area contributed by atoms with Crippen LogP contribution in [0, 0.1) is 0 Å². The minimum atomic E-state index is -0.358. The molecule has 0 unspecified atom stereocenters. The predicted octanol–water partition coefficient (Wildman–Crippen LogP) is 1.90. The van der Waals surface area contributed by atoms with Crippen molar-refractivity contribution in [3.63, 3.8) is 0 Å². The van der Waals surface area contributed by atoms with Crippen molar-refractivity contribution in [2.24, 2.45) is 0 Å². The van der Waals surface area contributed by atoms with Crippen molar-refractivity contribution in [2.45, 2.75) is 24.9 Å². The fourth-order valence-corrected chi connectivity index (χ4v) is 2.70. The molecule has 4 nitrogen and oxygen atoms in total. The lowest BCUT2D eigenvalue weighted by Crippen LogP contribution is -2.49. The maximum atomic E-state index is 12.1. The highest BCUT2D eigenvalue weighted by molar-refractivity contribution is 6.02. The summed E-state index contributed by atoms with van der Waals surface area (Å²) in [4.78, 5) is 12.1. The Morgan fingerprint density at radius 2 is 2.00 bits per heavy atom. The monoisotopic (exact) mass is 269 g/mol. The number of fused-ring (bicyclic) bond motifs is 1. The van der Waals surface area contributed by atoms with Gasteiger partial charge in [0.2, 0.25) is 0 Å². The fraction of sp³-hybridized carbons (Fsp3) is 0.462. The number of piperidine rings is 1. The van der Waals surface area contributed by atoms with Crippen LogP contribution in [0.1, 0.15) is 29.6 Å². The highest BCUT2D eigenvalue weighted by Crippen LogP contribution is 2.41. The zero-order chi connectivity index (χ0) is 11.9. The van der Waals surface area contributed by atoms with Crippen molar-refractivity contribution in [1.82, 2.24) is 5.32 Å². The summed E-state index contributed by atoms with van der Waals surface area (Å²) < 4.78 is 5.99. The van der Waals surface area contributed by atoms with Gasteiger partial charge in [0.1, 0.15) is 22.7 Å². The summed E-state index contributed by atoms with van der Waals surface area (Å²) in [5, 5.41) is 13.0. The van der Waals surface area contributed by atoms with E-state index in [2.05, 4.69) is 5.32 Å². The maximum absolute atomic E-state index is 12.1. The zero-order valence-corrected chi connectivity index (χ0v) is 10.8. The van der Waals surface area contributed by atoms with Crippen molar-refractivity contribution < 1.29 is 14.6 Å². The summed E-state index contributed by atoms with van der Waals surface area (Å²) in [5.41, 5.74) is -0.0139. The molecule has 1 saturated heterocycles. The molecule has 0 atom stereocenters. The van der Waals surface area contributed by atoms with Gasteiger partial charge in [-0.3, -0.25) is 4.79 Å². The van der Waals surface area contributed by atoms with Crippen molar-refractivity contribution in [3.8, 4) is 11.5 Å². The summed E-state index contributed by atoms with van der Waals surface area (Å²) in [6.45, 7) is 1.75. The molecule has 5 heteroatoms. The molecule has 2 N–H and O–H groups in total. The number of hydrogen-bond donors (Lipinski definition) is 2. The Morgan fingerprint density at radius 1 is 1.28 bits per heavy atom. The van der Waals surface area contributed by atoms with Gasteiger partial charge in [0.05, 0.1) is 6.42 Å². The van der Waals surface area contributed by atoms with Crippen LogP contribution in [-0.2, 0) is 0 Å². The number of nitrogens with one attached hydrogen (secondary N) is 1. The van der Waals surface area contributed by atoms with Gasteiger partial charge in [-0.2, -0.15) is 0 Å². The van der Waals surface area contributed by atoms with Crippen molar-refractivity contribution in [2.75, 3.05) is 13.1 Å². The van der Waals surface area contributed by atoms with Crippen molar-refractivity contribution in [1.29, 1.82) is 0 Å². The number of ether oxygens (including phenoxy) is 1. The Labute approximate surface area is 112 Å². The first-order valence-corrected chi connectivity index (χ1v) is 5.95. The number of ketones is 1. The van der Waals surface area contributed by atoms with E-state index in [0.717, 1.165) is 25.9 Å². The van der Waals surface area contributed by atoms with E-state index in [1.54, 1.807) is 12.1 Å². The molecule has 2 aliphatic heterocycles. The Morgan fingerprint density at radius 3 is 2.72 bits per heavy atom. The van der Waals surface area contributed by atoms with Gasteiger partial charge in [0.25, 0.3) is 0 Å². The van der Waals surface area contributed by atoms with Crippen LogP contribution < -0.4 is 10.1 Å². The summed E-state index contributed by atoms with van der Waals surface area (Å²) in [5.74, 6) is 0.547. The van der Waals surface area contributed by atoms with Crippen LogP contribution in [0.4, 0.5) is 0 Å². The number of carbonyl (C=O) groups excluding carboxylic acids is 1. The average molecular weight is 270 g/mol. The summed E-state index contributed by atoms with van der Waals surface area (Å²) in [6, 6.07) is 5.00. The molecular formula is C13H16ClNO3. The van der Waals surface area contributed by atoms with Crippen LogP contribution in [0.2, 0.25) is 0 Å². The van der Waals surface area contributed by atoms with Crippen LogP contribution in [-0.4, -0.2) is 29.6 Å². The Balaban J connectivity index is 0.00000120. The molecule has 98 valence electrons. The molecule has 1 aromatic rings. The third kappa shape index (κ3) is 2.06. The second-order valence-electron chi connectivity index (χ2n) is 4.79. The van der Waals surface area contributed by atoms with Gasteiger partial charge in [0, 0.05) is 12.8 Å². The Bertz CT molecular complexity index is 469. The lowest BCUT2D eigenvalue weighted by molar-refractivity contribution is 0.0183. The quantitative estimate of drug-likeness (QED) is 0.755. The highest BCUT2D eigenvalue weighted by Gasteiger charge is 2.42. The smallest absolute Gasteiger partial charge is 0.174 e. The van der Waals surface area contributed by atoms with Gasteiger partial charge in [-0.25, -0.2) is 0 Å². The standard InChI is InChI=1S/C13H15NO3.ClH/c15-9-2-1-3-11-12(9)10(16)8-13(17-11)4-6-14-7-5-13;/h1-3,14-15H,4-8H2;1H. The largest absolute Gasteiger partial charge is 0.507 e. The summed E-state index contributed by atoms with van der Waals surface area (Å²) in [7, 11) is 0. The number of rotatable bonds is 0. The first-order chi connectivity index (χ1) is 8.20. The van der Waals surface area contributed by atoms with E-state index in [0.29, 0.717) is 17.7 Å².